The van der Waals surface area contributed by atoms with Gasteiger partial charge in [0.05, 0.1) is 0 Å². The number of fused-ring (bicyclic) bond motifs is 1. The molecule has 2 aromatic carbocycles. The standard InChI is InChI=1S/C18H16BrOS.BF4/c1-2-21-12-15-6-4-3-5-14(15)11-17(21)18(20)13-7-9-16(19)10-8-13;2-1(3,4)5/h3-11H,2,12H2,1H3;/q+1;-1. The second kappa shape index (κ2) is 8.91. The molecule has 0 saturated carbocycles. The third-order valence-corrected chi connectivity index (χ3v) is 6.47. The van der Waals surface area contributed by atoms with E-state index in [2.05, 4.69) is 47.1 Å². The van der Waals surface area contributed by atoms with E-state index in [1.807, 2.05) is 30.3 Å². The fourth-order valence-corrected chi connectivity index (χ4v) is 4.74. The average molecular weight is 447 g/mol. The summed E-state index contributed by atoms with van der Waals surface area (Å²) in [6, 6.07) is 16.0. The predicted molar refractivity (Wildman–Crippen MR) is 105 cm³/mol. The van der Waals surface area contributed by atoms with Gasteiger partial charge in [0, 0.05) is 32.6 Å². The Labute approximate surface area is 161 Å². The number of benzene rings is 2. The van der Waals surface area contributed by atoms with Gasteiger partial charge in [-0.25, -0.2) is 0 Å². The number of hydrogen-bond acceptors (Lipinski definition) is 1. The summed E-state index contributed by atoms with van der Waals surface area (Å²) < 4.78 is 40.0. The molecule has 0 fully saturated rings. The number of ketones is 1. The molecular formula is C18H16BBrF4OS. The van der Waals surface area contributed by atoms with Gasteiger partial charge in [0.25, 0.3) is 0 Å². The molecule has 1 heterocycles. The van der Waals surface area contributed by atoms with Crippen molar-refractivity contribution in [2.75, 3.05) is 5.75 Å². The van der Waals surface area contributed by atoms with Crippen LogP contribution in [0.5, 0.6) is 0 Å². The second-order valence-electron chi connectivity index (χ2n) is 5.46. The molecule has 0 aliphatic carbocycles. The van der Waals surface area contributed by atoms with Crippen molar-refractivity contribution in [3.8, 4) is 0 Å². The van der Waals surface area contributed by atoms with Crippen LogP contribution in [0.15, 0.2) is 57.9 Å². The second-order valence-corrected chi connectivity index (χ2v) is 8.67. The van der Waals surface area contributed by atoms with Crippen LogP contribution < -0.4 is 0 Å². The molecule has 8 heteroatoms. The number of allylic oxidation sites excluding steroid dienone is 1. The third kappa shape index (κ3) is 6.02. The fraction of sp³-hybridized carbons (Fsp3) is 0.167. The zero-order valence-electron chi connectivity index (χ0n) is 13.9. The van der Waals surface area contributed by atoms with Crippen LogP contribution in [0.25, 0.3) is 6.08 Å². The van der Waals surface area contributed by atoms with Crippen molar-refractivity contribution < 1.29 is 22.1 Å². The van der Waals surface area contributed by atoms with Crippen LogP contribution in [0, 0.1) is 0 Å². The highest BCUT2D eigenvalue weighted by Gasteiger charge is 2.34. The fourth-order valence-electron chi connectivity index (χ4n) is 2.49. The van der Waals surface area contributed by atoms with Gasteiger partial charge in [-0.15, -0.1) is 0 Å². The molecule has 138 valence electrons. The molecule has 1 aliphatic rings. The summed E-state index contributed by atoms with van der Waals surface area (Å²) in [7, 11) is -5.99. The summed E-state index contributed by atoms with van der Waals surface area (Å²) >= 11 is 3.41. The number of carbonyl (C=O) groups is 1. The van der Waals surface area contributed by atoms with Crippen molar-refractivity contribution in [1.82, 2.24) is 0 Å². The molecule has 0 N–H and O–H groups in total. The van der Waals surface area contributed by atoms with Gasteiger partial charge >= 0.3 is 7.25 Å². The summed E-state index contributed by atoms with van der Waals surface area (Å²) in [5, 5.41) is 0. The maximum atomic E-state index is 12.8. The van der Waals surface area contributed by atoms with Gasteiger partial charge in [0.15, 0.2) is 0 Å². The quantitative estimate of drug-likeness (QED) is 0.240. The summed E-state index contributed by atoms with van der Waals surface area (Å²) in [5.74, 6) is 2.17. The molecule has 0 aromatic heterocycles. The topological polar surface area (TPSA) is 17.1 Å². The zero-order valence-corrected chi connectivity index (χ0v) is 16.3. The highest BCUT2D eigenvalue weighted by atomic mass is 79.9. The van der Waals surface area contributed by atoms with Crippen LogP contribution in [0.3, 0.4) is 0 Å². The summed E-state index contributed by atoms with van der Waals surface area (Å²) in [6.45, 7) is 2.17. The van der Waals surface area contributed by atoms with E-state index in [1.54, 1.807) is 0 Å². The molecule has 2 aromatic rings. The number of halogens is 5. The molecule has 1 unspecified atom stereocenters. The van der Waals surface area contributed by atoms with Crippen molar-refractivity contribution in [2.45, 2.75) is 12.7 Å². The van der Waals surface area contributed by atoms with Gasteiger partial charge in [-0.05, 0) is 36.8 Å². The van der Waals surface area contributed by atoms with E-state index in [0.29, 0.717) is 0 Å². The van der Waals surface area contributed by atoms with E-state index in [9.17, 15) is 22.1 Å². The van der Waals surface area contributed by atoms with Crippen LogP contribution in [-0.2, 0) is 16.6 Å². The maximum Gasteiger partial charge on any atom is 0.673 e. The Morgan fingerprint density at radius 2 is 1.65 bits per heavy atom. The Kier molecular flexibility index (Phi) is 7.12. The maximum absolute atomic E-state index is 12.8. The summed E-state index contributed by atoms with van der Waals surface area (Å²) in [5.41, 5.74) is 3.32. The van der Waals surface area contributed by atoms with Gasteiger partial charge in [0.2, 0.25) is 10.7 Å². The molecule has 1 nitrogen and oxygen atoms in total. The molecule has 1 aliphatic heterocycles. The molecule has 0 radical (unpaired) electrons. The van der Waals surface area contributed by atoms with Crippen LogP contribution in [0.2, 0.25) is 0 Å². The van der Waals surface area contributed by atoms with E-state index < -0.39 is 7.25 Å². The van der Waals surface area contributed by atoms with Gasteiger partial charge in [-0.1, -0.05) is 40.2 Å². The molecule has 0 bridgehead atoms. The van der Waals surface area contributed by atoms with E-state index in [1.165, 1.54) is 11.1 Å². The van der Waals surface area contributed by atoms with Crippen LogP contribution in [0.4, 0.5) is 17.3 Å². The first-order valence-corrected chi connectivity index (χ1v) is 10.2. The first-order chi connectivity index (χ1) is 12.2. The van der Waals surface area contributed by atoms with Crippen molar-refractivity contribution in [3.05, 3.63) is 74.6 Å². The monoisotopic (exact) mass is 446 g/mol. The molecule has 3 rings (SSSR count). The van der Waals surface area contributed by atoms with Gasteiger partial charge in [-0.2, -0.15) is 0 Å². The molecular weight excluding hydrogens is 431 g/mol. The van der Waals surface area contributed by atoms with E-state index in [4.69, 9.17) is 0 Å². The molecule has 0 amide bonds. The van der Waals surface area contributed by atoms with Crippen molar-refractivity contribution >= 4 is 45.9 Å². The van der Waals surface area contributed by atoms with Crippen LogP contribution >= 0.6 is 15.9 Å². The normalized spacial score (nSPS) is 16.1. The Morgan fingerprint density at radius 3 is 2.23 bits per heavy atom. The lowest BCUT2D eigenvalue weighted by atomic mass is 10.1. The Balaban J connectivity index is 0.000000431. The number of hydrogen-bond donors (Lipinski definition) is 0. The molecule has 26 heavy (non-hydrogen) atoms. The Bertz CT molecular complexity index is 800. The molecule has 1 atom stereocenters. The first kappa shape index (κ1) is 20.8. The number of Topliss-reactive ketones (excluding diaryl/α,β-unsaturated/α-hetero) is 1. The molecule has 0 saturated heterocycles. The van der Waals surface area contributed by atoms with E-state index in [-0.39, 0.29) is 16.7 Å². The number of rotatable bonds is 3. The van der Waals surface area contributed by atoms with Crippen molar-refractivity contribution in [1.29, 1.82) is 0 Å². The van der Waals surface area contributed by atoms with Crippen molar-refractivity contribution in [2.24, 2.45) is 0 Å². The van der Waals surface area contributed by atoms with Gasteiger partial charge in [0.1, 0.15) is 11.5 Å². The minimum atomic E-state index is -6.00. The average Bonchev–Trinajstić information content (AvgIpc) is 2.59. The predicted octanol–water partition coefficient (Wildman–Crippen LogP) is 6.12. The lowest BCUT2D eigenvalue weighted by Crippen LogP contribution is -2.21. The lowest BCUT2D eigenvalue weighted by molar-refractivity contribution is 0.104. The van der Waals surface area contributed by atoms with Gasteiger partial charge < -0.3 is 17.3 Å². The Morgan fingerprint density at radius 1 is 1.08 bits per heavy atom. The van der Waals surface area contributed by atoms with Crippen molar-refractivity contribution in [3.63, 3.8) is 0 Å². The number of carbonyl (C=O) groups excluding carboxylic acids is 1. The molecule has 0 spiro atoms. The van der Waals surface area contributed by atoms with E-state index in [0.717, 1.165) is 26.4 Å². The van der Waals surface area contributed by atoms with Crippen LogP contribution in [-0.4, -0.2) is 18.8 Å². The minimum absolute atomic E-state index is 0.0131. The highest BCUT2D eigenvalue weighted by molar-refractivity contribution is 9.10. The third-order valence-electron chi connectivity index (χ3n) is 3.66. The summed E-state index contributed by atoms with van der Waals surface area (Å²) in [4.78, 5) is 13.8. The zero-order chi connectivity index (χ0) is 19.3. The largest absolute Gasteiger partial charge is 0.673 e. The smallest absolute Gasteiger partial charge is 0.418 e. The van der Waals surface area contributed by atoms with Gasteiger partial charge in [-0.3, -0.25) is 4.79 Å². The minimum Gasteiger partial charge on any atom is -0.418 e. The van der Waals surface area contributed by atoms with Crippen LogP contribution in [0.1, 0.15) is 28.4 Å². The Hall–Kier alpha value is -1.54. The lowest BCUT2D eigenvalue weighted by Gasteiger charge is -2.16. The van der Waals surface area contributed by atoms with E-state index >= 15 is 0 Å². The summed E-state index contributed by atoms with van der Waals surface area (Å²) in [6.07, 6.45) is 2.09. The SMILES string of the molecule is CC[S+]1Cc2ccccc2C=C1C(=O)c1ccc(Br)cc1.F[B-](F)(F)F. The highest BCUT2D eigenvalue weighted by Crippen LogP contribution is 2.31. The first-order valence-electron chi connectivity index (χ1n) is 7.83.